The van der Waals surface area contributed by atoms with Crippen molar-refractivity contribution >= 4 is 22.7 Å². The monoisotopic (exact) mass is 342 g/mol. The van der Waals surface area contributed by atoms with E-state index in [-0.39, 0.29) is 17.1 Å². The summed E-state index contributed by atoms with van der Waals surface area (Å²) in [6.07, 6.45) is 0. The third-order valence-electron chi connectivity index (χ3n) is 3.89. The molecule has 5 nitrogen and oxygen atoms in total. The number of methoxy groups -OCH3 is 2. The fourth-order valence-electron chi connectivity index (χ4n) is 2.60. The molecule has 0 aromatic heterocycles. The van der Waals surface area contributed by atoms with Crippen LogP contribution in [0.5, 0.6) is 11.5 Å². The maximum Gasteiger partial charge on any atom is 0.178 e. The highest BCUT2D eigenvalue weighted by atomic mass is 32.2. The maximum absolute atomic E-state index is 12.9. The number of nitrogens with two attached hydrogens (primary N) is 1. The lowest BCUT2D eigenvalue weighted by atomic mass is 9.97. The van der Waals surface area contributed by atoms with Crippen molar-refractivity contribution in [3.05, 3.63) is 59.7 Å². The van der Waals surface area contributed by atoms with Crippen LogP contribution in [-0.4, -0.2) is 30.4 Å². The van der Waals surface area contributed by atoms with Crippen LogP contribution in [0.4, 0.5) is 0 Å². The second-order valence-corrected chi connectivity index (χ2v) is 6.48. The third kappa shape index (κ3) is 3.23. The first kappa shape index (κ1) is 16.4. The molecule has 0 spiro atoms. The van der Waals surface area contributed by atoms with E-state index in [4.69, 9.17) is 15.2 Å². The average molecular weight is 342 g/mol. The average Bonchev–Trinajstić information content (AvgIpc) is 3.03. The maximum atomic E-state index is 12.9. The Morgan fingerprint density at radius 2 is 1.54 bits per heavy atom. The fraction of sp³-hybridized carbons (Fsp3) is 0.222. The highest BCUT2D eigenvalue weighted by molar-refractivity contribution is 8.15. The summed E-state index contributed by atoms with van der Waals surface area (Å²) in [5, 5.41) is 0.0643. The van der Waals surface area contributed by atoms with Crippen molar-refractivity contribution in [3.8, 4) is 11.5 Å². The van der Waals surface area contributed by atoms with Crippen LogP contribution in [0.3, 0.4) is 0 Å². The van der Waals surface area contributed by atoms with Crippen LogP contribution in [0.15, 0.2) is 53.5 Å². The van der Waals surface area contributed by atoms with Crippen LogP contribution in [-0.2, 0) is 0 Å². The van der Waals surface area contributed by atoms with Gasteiger partial charge in [0, 0.05) is 5.56 Å². The number of Topliss-reactive ketones (excluding diaryl/α,β-unsaturated/α-hetero) is 1. The molecule has 2 aromatic rings. The number of ether oxygens (including phenoxy) is 2. The number of carbonyl (C=O) groups is 1. The molecule has 0 bridgehead atoms. The number of rotatable bonds is 5. The zero-order valence-electron chi connectivity index (χ0n) is 13.4. The summed E-state index contributed by atoms with van der Waals surface area (Å²) in [7, 11) is 3.21. The SMILES string of the molecule is COc1ccc(C(=O)[C@@H]2SC(N)=N[C@H]2c2ccc(OC)cc2)cc1. The summed E-state index contributed by atoms with van der Waals surface area (Å²) in [4.78, 5) is 17.3. The molecule has 1 aliphatic rings. The quantitative estimate of drug-likeness (QED) is 0.845. The summed E-state index contributed by atoms with van der Waals surface area (Å²) in [5.74, 6) is 1.49. The highest BCUT2D eigenvalue weighted by Crippen LogP contribution is 2.38. The third-order valence-corrected chi connectivity index (χ3v) is 4.96. The van der Waals surface area contributed by atoms with Gasteiger partial charge in [0.1, 0.15) is 16.7 Å². The van der Waals surface area contributed by atoms with Crippen LogP contribution in [0.1, 0.15) is 22.0 Å². The van der Waals surface area contributed by atoms with Crippen LogP contribution in [0.2, 0.25) is 0 Å². The predicted octanol–water partition coefficient (Wildman–Crippen LogP) is 3.06. The molecule has 2 aromatic carbocycles. The lowest BCUT2D eigenvalue weighted by molar-refractivity contribution is 0.0983. The number of hydrogen-bond acceptors (Lipinski definition) is 6. The number of amidine groups is 1. The molecule has 6 heteroatoms. The molecule has 3 rings (SSSR count). The number of aliphatic imine (C=N–C) groups is 1. The van der Waals surface area contributed by atoms with Crippen LogP contribution in [0.25, 0.3) is 0 Å². The van der Waals surface area contributed by atoms with Gasteiger partial charge in [-0.1, -0.05) is 23.9 Å². The van der Waals surface area contributed by atoms with Crippen molar-refractivity contribution in [2.75, 3.05) is 14.2 Å². The minimum atomic E-state index is -0.369. The Morgan fingerprint density at radius 3 is 2.08 bits per heavy atom. The molecular formula is C18H18N2O3S. The van der Waals surface area contributed by atoms with Crippen molar-refractivity contribution in [1.29, 1.82) is 0 Å². The van der Waals surface area contributed by atoms with Gasteiger partial charge in [0.15, 0.2) is 11.0 Å². The van der Waals surface area contributed by atoms with Gasteiger partial charge in [-0.25, -0.2) is 0 Å². The molecule has 0 saturated carbocycles. The molecule has 2 N–H and O–H groups in total. The van der Waals surface area contributed by atoms with E-state index in [0.29, 0.717) is 16.5 Å². The molecule has 0 fully saturated rings. The summed E-state index contributed by atoms with van der Waals surface area (Å²) >= 11 is 1.31. The van der Waals surface area contributed by atoms with Gasteiger partial charge in [-0.2, -0.15) is 0 Å². The minimum Gasteiger partial charge on any atom is -0.497 e. The standard InChI is InChI=1S/C18H18N2O3S/c1-22-13-7-3-11(4-8-13)15-17(24-18(19)20-15)16(21)12-5-9-14(23-2)10-6-12/h3-10,15,17H,1-2H3,(H2,19,20)/t15-,17+/m0/s1. The van der Waals surface area contributed by atoms with E-state index in [1.54, 1.807) is 38.5 Å². The summed E-state index contributed by atoms with van der Waals surface area (Å²) in [5.41, 5.74) is 7.45. The van der Waals surface area contributed by atoms with Crippen molar-refractivity contribution in [2.24, 2.45) is 10.7 Å². The minimum absolute atomic E-state index is 0.00710. The Kier molecular flexibility index (Phi) is 4.76. The Labute approximate surface area is 144 Å². The molecule has 0 aliphatic carbocycles. The first-order valence-corrected chi connectivity index (χ1v) is 8.32. The van der Waals surface area contributed by atoms with Gasteiger partial charge in [0.05, 0.1) is 20.3 Å². The van der Waals surface area contributed by atoms with E-state index in [1.807, 2.05) is 24.3 Å². The second-order valence-electron chi connectivity index (χ2n) is 5.32. The van der Waals surface area contributed by atoms with Gasteiger partial charge >= 0.3 is 0 Å². The van der Waals surface area contributed by atoms with Gasteiger partial charge < -0.3 is 15.2 Å². The smallest absolute Gasteiger partial charge is 0.178 e. The number of benzene rings is 2. The molecular weight excluding hydrogens is 324 g/mol. The number of thioether (sulfide) groups is 1. The molecule has 124 valence electrons. The molecule has 1 heterocycles. The normalized spacial score (nSPS) is 19.7. The molecule has 0 unspecified atom stereocenters. The van der Waals surface area contributed by atoms with E-state index < -0.39 is 0 Å². The van der Waals surface area contributed by atoms with E-state index in [9.17, 15) is 4.79 Å². The molecule has 1 aliphatic heterocycles. The largest absolute Gasteiger partial charge is 0.497 e. The van der Waals surface area contributed by atoms with Crippen molar-refractivity contribution in [1.82, 2.24) is 0 Å². The van der Waals surface area contributed by atoms with Crippen molar-refractivity contribution < 1.29 is 14.3 Å². The molecule has 0 saturated heterocycles. The lowest BCUT2D eigenvalue weighted by Crippen LogP contribution is -2.22. The van der Waals surface area contributed by atoms with Gasteiger partial charge in [0.2, 0.25) is 0 Å². The fourth-order valence-corrected chi connectivity index (χ4v) is 3.62. The topological polar surface area (TPSA) is 73.9 Å². The van der Waals surface area contributed by atoms with E-state index in [1.165, 1.54) is 11.8 Å². The zero-order chi connectivity index (χ0) is 17.1. The Bertz CT molecular complexity index is 757. The Morgan fingerprint density at radius 1 is 1.00 bits per heavy atom. The predicted molar refractivity (Wildman–Crippen MR) is 96.1 cm³/mol. The lowest BCUT2D eigenvalue weighted by Gasteiger charge is -2.17. The highest BCUT2D eigenvalue weighted by Gasteiger charge is 2.36. The Balaban J connectivity index is 1.86. The van der Waals surface area contributed by atoms with Crippen LogP contribution >= 0.6 is 11.8 Å². The van der Waals surface area contributed by atoms with Gasteiger partial charge in [0.25, 0.3) is 0 Å². The summed E-state index contributed by atoms with van der Waals surface area (Å²) < 4.78 is 10.3. The number of carbonyl (C=O) groups excluding carboxylic acids is 1. The summed E-state index contributed by atoms with van der Waals surface area (Å²) in [6.45, 7) is 0. The second kappa shape index (κ2) is 6.97. The van der Waals surface area contributed by atoms with Gasteiger partial charge in [-0.3, -0.25) is 9.79 Å². The van der Waals surface area contributed by atoms with Crippen LogP contribution < -0.4 is 15.2 Å². The van der Waals surface area contributed by atoms with Crippen LogP contribution in [0, 0.1) is 0 Å². The van der Waals surface area contributed by atoms with Crippen molar-refractivity contribution in [3.63, 3.8) is 0 Å². The molecule has 0 amide bonds. The van der Waals surface area contributed by atoms with Gasteiger partial charge in [-0.15, -0.1) is 0 Å². The van der Waals surface area contributed by atoms with E-state index >= 15 is 0 Å². The first-order valence-electron chi connectivity index (χ1n) is 7.44. The number of nitrogens with zero attached hydrogens (tertiary/aromatic N) is 1. The van der Waals surface area contributed by atoms with E-state index in [2.05, 4.69) is 4.99 Å². The van der Waals surface area contributed by atoms with Gasteiger partial charge in [-0.05, 0) is 42.0 Å². The number of ketones is 1. The number of hydrogen-bond donors (Lipinski definition) is 1. The molecule has 2 atom stereocenters. The summed E-state index contributed by atoms with van der Waals surface area (Å²) in [6, 6.07) is 14.3. The zero-order valence-corrected chi connectivity index (χ0v) is 14.2. The Hall–Kier alpha value is -2.47. The van der Waals surface area contributed by atoms with E-state index in [0.717, 1.165) is 11.3 Å². The molecule has 24 heavy (non-hydrogen) atoms. The molecule has 0 radical (unpaired) electrons. The van der Waals surface area contributed by atoms with Crippen molar-refractivity contribution in [2.45, 2.75) is 11.3 Å². The first-order chi connectivity index (χ1) is 11.6.